The molecule has 1 aliphatic rings. The van der Waals surface area contributed by atoms with Crippen LogP contribution >= 0.6 is 15.9 Å². The van der Waals surface area contributed by atoms with Gasteiger partial charge in [-0.2, -0.15) is 0 Å². The fourth-order valence-electron chi connectivity index (χ4n) is 3.82. The first-order chi connectivity index (χ1) is 15.2. The number of rotatable bonds is 5. The number of carbonyl (C=O) groups is 1. The van der Waals surface area contributed by atoms with Crippen molar-refractivity contribution in [3.05, 3.63) is 105 Å². The topological polar surface area (TPSA) is 74.7 Å². The molecule has 32 heavy (non-hydrogen) atoms. The van der Waals surface area contributed by atoms with Crippen LogP contribution < -0.4 is 4.90 Å². The first-order valence-corrected chi connectivity index (χ1v) is 12.4. The van der Waals surface area contributed by atoms with Crippen LogP contribution in [0.15, 0.2) is 98.9 Å². The van der Waals surface area contributed by atoms with E-state index >= 15 is 0 Å². The summed E-state index contributed by atoms with van der Waals surface area (Å²) < 4.78 is 28.0. The van der Waals surface area contributed by atoms with Crippen LogP contribution in [0.5, 0.6) is 0 Å². The predicted molar refractivity (Wildman–Crippen MR) is 128 cm³/mol. The van der Waals surface area contributed by atoms with Crippen LogP contribution in [0.1, 0.15) is 36.9 Å². The molecule has 0 radical (unpaired) electrons. The molecule has 0 unspecified atom stereocenters. The highest BCUT2D eigenvalue weighted by atomic mass is 79.9. The molecule has 0 fully saturated rings. The molecule has 1 atom stereocenters. The van der Waals surface area contributed by atoms with Gasteiger partial charge in [0.1, 0.15) is 10.9 Å². The minimum absolute atomic E-state index is 0.0239. The lowest BCUT2D eigenvalue weighted by Crippen LogP contribution is -2.31. The number of benzene rings is 3. The monoisotopic (exact) mass is 511 g/mol. The summed E-state index contributed by atoms with van der Waals surface area (Å²) in [6, 6.07) is 21.3. The van der Waals surface area contributed by atoms with Gasteiger partial charge in [0.15, 0.2) is 5.76 Å². The molecule has 0 bridgehead atoms. The van der Waals surface area contributed by atoms with Crippen LogP contribution in [0.25, 0.3) is 0 Å². The van der Waals surface area contributed by atoms with Gasteiger partial charge in [0.05, 0.1) is 4.90 Å². The quantitative estimate of drug-likeness (QED) is 0.462. The minimum Gasteiger partial charge on any atom is -0.502 e. The highest BCUT2D eigenvalue weighted by Gasteiger charge is 2.47. The van der Waals surface area contributed by atoms with Gasteiger partial charge in [-0.1, -0.05) is 72.2 Å². The number of aliphatic hydroxyl groups is 1. The molecule has 0 spiro atoms. The Balaban J connectivity index is 1.92. The zero-order valence-corrected chi connectivity index (χ0v) is 20.0. The summed E-state index contributed by atoms with van der Waals surface area (Å²) >= 11 is 3.38. The Kier molecular flexibility index (Phi) is 5.97. The van der Waals surface area contributed by atoms with Gasteiger partial charge in [0.2, 0.25) is 9.84 Å². The molecule has 1 aliphatic heterocycles. The molecular formula is C25H22BrNO4S. The van der Waals surface area contributed by atoms with Crippen LogP contribution in [-0.4, -0.2) is 19.4 Å². The maximum Gasteiger partial charge on any atom is 0.295 e. The number of nitrogens with zero attached hydrogens (tertiary/aromatic N) is 1. The predicted octanol–water partition coefficient (Wildman–Crippen LogP) is 5.90. The van der Waals surface area contributed by atoms with Crippen LogP contribution in [0, 0.1) is 0 Å². The molecule has 0 saturated carbocycles. The summed E-state index contributed by atoms with van der Waals surface area (Å²) in [5, 5.41) is 10.8. The Morgan fingerprint density at radius 2 is 1.50 bits per heavy atom. The van der Waals surface area contributed by atoms with Crippen LogP contribution in [0.3, 0.4) is 0 Å². The normalized spacial score (nSPS) is 16.8. The molecule has 5 nitrogen and oxygen atoms in total. The Morgan fingerprint density at radius 1 is 0.906 bits per heavy atom. The smallest absolute Gasteiger partial charge is 0.295 e. The number of hydrogen-bond acceptors (Lipinski definition) is 4. The Hall–Kier alpha value is -2.90. The molecule has 7 heteroatoms. The number of amides is 1. The van der Waals surface area contributed by atoms with E-state index in [0.29, 0.717) is 17.2 Å². The standard InChI is InChI=1S/C25H22BrNO4S/c1-16(2)17-8-10-18(11-9-17)22-24(32(30,31)21-6-4-3-5-7-21)23(28)25(29)27(22)20-14-12-19(26)13-15-20/h3-16,22,28H,1-2H3/t22-/m1/s1. The second kappa shape index (κ2) is 8.56. The average Bonchev–Trinajstić information content (AvgIpc) is 3.06. The maximum absolute atomic E-state index is 13.6. The van der Waals surface area contributed by atoms with Crippen molar-refractivity contribution in [1.29, 1.82) is 0 Å². The lowest BCUT2D eigenvalue weighted by molar-refractivity contribution is -0.117. The molecule has 3 aromatic rings. The highest BCUT2D eigenvalue weighted by molar-refractivity contribution is 9.10. The van der Waals surface area contributed by atoms with Crippen molar-refractivity contribution >= 4 is 37.4 Å². The fourth-order valence-corrected chi connectivity index (χ4v) is 5.73. The number of aliphatic hydroxyl groups excluding tert-OH is 1. The van der Waals surface area contributed by atoms with Crippen molar-refractivity contribution in [2.75, 3.05) is 4.90 Å². The molecule has 164 valence electrons. The largest absolute Gasteiger partial charge is 0.502 e. The lowest BCUT2D eigenvalue weighted by atomic mass is 9.98. The molecule has 0 saturated heterocycles. The zero-order valence-electron chi connectivity index (χ0n) is 17.6. The first kappa shape index (κ1) is 22.3. The van der Waals surface area contributed by atoms with Gasteiger partial charge >= 0.3 is 0 Å². The van der Waals surface area contributed by atoms with Crippen molar-refractivity contribution in [2.45, 2.75) is 30.7 Å². The van der Waals surface area contributed by atoms with E-state index in [-0.39, 0.29) is 9.80 Å². The van der Waals surface area contributed by atoms with Gasteiger partial charge in [-0.05, 0) is 53.4 Å². The maximum atomic E-state index is 13.6. The number of carbonyl (C=O) groups excluding carboxylic acids is 1. The van der Waals surface area contributed by atoms with E-state index in [1.165, 1.54) is 17.0 Å². The highest BCUT2D eigenvalue weighted by Crippen LogP contribution is 2.45. The number of sulfone groups is 1. The van der Waals surface area contributed by atoms with Gasteiger partial charge in [-0.3, -0.25) is 9.69 Å². The summed E-state index contributed by atoms with van der Waals surface area (Å²) in [4.78, 5) is 14.2. The summed E-state index contributed by atoms with van der Waals surface area (Å²) in [6.45, 7) is 4.14. The van der Waals surface area contributed by atoms with Crippen molar-refractivity contribution < 1.29 is 18.3 Å². The summed E-state index contributed by atoms with van der Waals surface area (Å²) in [5.74, 6) is -1.21. The summed E-state index contributed by atoms with van der Waals surface area (Å²) in [7, 11) is -4.14. The van der Waals surface area contributed by atoms with E-state index in [1.54, 1.807) is 42.5 Å². The third-order valence-electron chi connectivity index (χ3n) is 5.53. The molecule has 1 amide bonds. The van der Waals surface area contributed by atoms with Gasteiger partial charge in [0, 0.05) is 10.2 Å². The van der Waals surface area contributed by atoms with Gasteiger partial charge in [-0.25, -0.2) is 8.42 Å². The van der Waals surface area contributed by atoms with Crippen molar-refractivity contribution in [3.63, 3.8) is 0 Å². The molecule has 4 rings (SSSR count). The Bertz CT molecular complexity index is 1280. The van der Waals surface area contributed by atoms with E-state index in [4.69, 9.17) is 0 Å². The van der Waals surface area contributed by atoms with Crippen LogP contribution in [0.4, 0.5) is 5.69 Å². The molecular weight excluding hydrogens is 490 g/mol. The third kappa shape index (κ3) is 3.87. The van der Waals surface area contributed by atoms with E-state index in [1.807, 2.05) is 24.3 Å². The zero-order chi connectivity index (χ0) is 23.0. The molecule has 3 aromatic carbocycles. The second-order valence-corrected chi connectivity index (χ2v) is 10.7. The summed E-state index contributed by atoms with van der Waals surface area (Å²) in [5.41, 5.74) is 2.18. The van der Waals surface area contributed by atoms with Gasteiger partial charge in [-0.15, -0.1) is 0 Å². The molecule has 1 heterocycles. The fraction of sp³-hybridized carbons (Fsp3) is 0.160. The van der Waals surface area contributed by atoms with Crippen molar-refractivity contribution in [2.24, 2.45) is 0 Å². The number of halogens is 1. The lowest BCUT2D eigenvalue weighted by Gasteiger charge is -2.27. The SMILES string of the molecule is CC(C)c1ccc([C@@H]2C(S(=O)(=O)c3ccccc3)=C(O)C(=O)N2c2ccc(Br)cc2)cc1. The summed E-state index contributed by atoms with van der Waals surface area (Å²) in [6.07, 6.45) is 0. The number of hydrogen-bond donors (Lipinski definition) is 1. The van der Waals surface area contributed by atoms with E-state index in [0.717, 1.165) is 10.0 Å². The van der Waals surface area contributed by atoms with Crippen LogP contribution in [-0.2, 0) is 14.6 Å². The van der Waals surface area contributed by atoms with Crippen molar-refractivity contribution in [1.82, 2.24) is 0 Å². The average molecular weight is 512 g/mol. The molecule has 1 N–H and O–H groups in total. The van der Waals surface area contributed by atoms with Gasteiger partial charge in [0.25, 0.3) is 5.91 Å². The Morgan fingerprint density at radius 3 is 2.06 bits per heavy atom. The second-order valence-electron chi connectivity index (χ2n) is 7.90. The molecule has 0 aliphatic carbocycles. The first-order valence-electron chi connectivity index (χ1n) is 10.1. The van der Waals surface area contributed by atoms with E-state index in [9.17, 15) is 18.3 Å². The van der Waals surface area contributed by atoms with Crippen molar-refractivity contribution in [3.8, 4) is 0 Å². The van der Waals surface area contributed by atoms with E-state index in [2.05, 4.69) is 29.8 Å². The molecule has 0 aromatic heterocycles. The minimum atomic E-state index is -4.14. The number of anilines is 1. The third-order valence-corrected chi connectivity index (χ3v) is 7.95. The van der Waals surface area contributed by atoms with Crippen LogP contribution in [0.2, 0.25) is 0 Å². The Labute approximate surface area is 196 Å². The van der Waals surface area contributed by atoms with Gasteiger partial charge < -0.3 is 5.11 Å². The van der Waals surface area contributed by atoms with E-state index < -0.39 is 27.5 Å².